The van der Waals surface area contributed by atoms with Crippen molar-refractivity contribution < 1.29 is 0 Å². The predicted octanol–water partition coefficient (Wildman–Crippen LogP) is 5.69. The van der Waals surface area contributed by atoms with Crippen molar-refractivity contribution >= 4 is 43.2 Å². The SMILES string of the molecule is CCC(C)(C)C(Br)c1cc(Br)sc1C. The van der Waals surface area contributed by atoms with E-state index in [-0.39, 0.29) is 0 Å². The van der Waals surface area contributed by atoms with Gasteiger partial charge in [-0.15, -0.1) is 11.3 Å². The molecule has 0 aromatic carbocycles. The Hall–Kier alpha value is 0.660. The highest BCUT2D eigenvalue weighted by Crippen LogP contribution is 2.46. The highest BCUT2D eigenvalue weighted by Gasteiger charge is 2.28. The number of thiophene rings is 1. The van der Waals surface area contributed by atoms with E-state index in [1.54, 1.807) is 0 Å². The Morgan fingerprint density at radius 3 is 2.43 bits per heavy atom. The van der Waals surface area contributed by atoms with Crippen LogP contribution in [0.5, 0.6) is 0 Å². The van der Waals surface area contributed by atoms with Crippen molar-refractivity contribution in [2.24, 2.45) is 5.41 Å². The first-order valence-electron chi connectivity index (χ1n) is 4.78. The first-order valence-corrected chi connectivity index (χ1v) is 7.31. The minimum absolute atomic E-state index is 0.311. The topological polar surface area (TPSA) is 0 Å². The predicted molar refractivity (Wildman–Crippen MR) is 72.5 cm³/mol. The lowest BCUT2D eigenvalue weighted by Crippen LogP contribution is -2.16. The second-order valence-corrected chi connectivity index (χ2v) is 7.82. The summed E-state index contributed by atoms with van der Waals surface area (Å²) in [7, 11) is 0. The van der Waals surface area contributed by atoms with Crippen molar-refractivity contribution in [2.75, 3.05) is 0 Å². The number of aryl methyl sites for hydroxylation is 1. The van der Waals surface area contributed by atoms with Crippen LogP contribution >= 0.6 is 43.2 Å². The maximum atomic E-state index is 3.82. The zero-order chi connectivity index (χ0) is 10.9. The van der Waals surface area contributed by atoms with Gasteiger partial charge in [0, 0.05) is 9.70 Å². The maximum absolute atomic E-state index is 3.82. The fourth-order valence-corrected chi connectivity index (χ4v) is 4.01. The third-order valence-electron chi connectivity index (χ3n) is 2.80. The summed E-state index contributed by atoms with van der Waals surface area (Å²) in [6.45, 7) is 9.03. The second-order valence-electron chi connectivity index (χ2n) is 4.27. The Bertz CT molecular complexity index is 315. The van der Waals surface area contributed by atoms with Crippen LogP contribution in [0.15, 0.2) is 9.85 Å². The number of hydrogen-bond acceptors (Lipinski definition) is 1. The van der Waals surface area contributed by atoms with E-state index < -0.39 is 0 Å². The summed E-state index contributed by atoms with van der Waals surface area (Å²) in [4.78, 5) is 1.85. The van der Waals surface area contributed by atoms with Crippen LogP contribution in [0.2, 0.25) is 0 Å². The quantitative estimate of drug-likeness (QED) is 0.620. The molecule has 80 valence electrons. The maximum Gasteiger partial charge on any atom is 0.0704 e. The van der Waals surface area contributed by atoms with Gasteiger partial charge in [-0.3, -0.25) is 0 Å². The first kappa shape index (κ1) is 12.7. The molecule has 0 fully saturated rings. The third kappa shape index (κ3) is 2.61. The van der Waals surface area contributed by atoms with Crippen LogP contribution in [-0.2, 0) is 0 Å². The van der Waals surface area contributed by atoms with Crippen molar-refractivity contribution in [1.82, 2.24) is 0 Å². The number of alkyl halides is 1. The van der Waals surface area contributed by atoms with E-state index in [1.165, 1.54) is 20.6 Å². The first-order chi connectivity index (χ1) is 6.38. The smallest absolute Gasteiger partial charge is 0.0704 e. The number of rotatable bonds is 3. The van der Waals surface area contributed by atoms with E-state index in [0.717, 1.165) is 0 Å². The Morgan fingerprint density at radius 2 is 2.07 bits per heavy atom. The van der Waals surface area contributed by atoms with Crippen LogP contribution in [0, 0.1) is 12.3 Å². The molecule has 0 aliphatic heterocycles. The lowest BCUT2D eigenvalue weighted by atomic mass is 9.83. The van der Waals surface area contributed by atoms with E-state index in [2.05, 4.69) is 65.6 Å². The van der Waals surface area contributed by atoms with Gasteiger partial charge in [-0.1, -0.05) is 36.7 Å². The summed E-state index contributed by atoms with van der Waals surface area (Å²) in [6, 6.07) is 2.23. The van der Waals surface area contributed by atoms with Gasteiger partial charge in [0.15, 0.2) is 0 Å². The van der Waals surface area contributed by atoms with Gasteiger partial charge in [-0.25, -0.2) is 0 Å². The van der Waals surface area contributed by atoms with Crippen molar-refractivity contribution in [2.45, 2.75) is 38.9 Å². The van der Waals surface area contributed by atoms with Gasteiger partial charge in [0.2, 0.25) is 0 Å². The lowest BCUT2D eigenvalue weighted by Gasteiger charge is -2.29. The molecule has 0 aliphatic rings. The molecule has 0 amide bonds. The molecule has 0 nitrogen and oxygen atoms in total. The molecule has 1 aromatic rings. The molecule has 1 aromatic heterocycles. The fourth-order valence-electron chi connectivity index (χ4n) is 1.31. The molecular weight excluding hydrogens is 324 g/mol. The monoisotopic (exact) mass is 338 g/mol. The van der Waals surface area contributed by atoms with Crippen LogP contribution in [0.25, 0.3) is 0 Å². The average molecular weight is 340 g/mol. The van der Waals surface area contributed by atoms with E-state index in [0.29, 0.717) is 10.2 Å². The molecular formula is C11H16Br2S. The summed E-state index contributed by atoms with van der Waals surface area (Å²) >= 11 is 9.17. The number of hydrogen-bond donors (Lipinski definition) is 0. The zero-order valence-corrected chi connectivity index (χ0v) is 13.0. The largest absolute Gasteiger partial charge is 0.133 e. The van der Waals surface area contributed by atoms with Crippen molar-refractivity contribution in [3.8, 4) is 0 Å². The molecule has 0 saturated heterocycles. The average Bonchev–Trinajstić information content (AvgIpc) is 2.44. The lowest BCUT2D eigenvalue weighted by molar-refractivity contribution is 0.346. The fraction of sp³-hybridized carbons (Fsp3) is 0.636. The summed E-state index contributed by atoms with van der Waals surface area (Å²) < 4.78 is 1.22. The molecule has 1 atom stereocenters. The van der Waals surface area contributed by atoms with E-state index in [9.17, 15) is 0 Å². The molecule has 1 rings (SSSR count). The van der Waals surface area contributed by atoms with Gasteiger partial charge in [-0.2, -0.15) is 0 Å². The molecule has 1 heterocycles. The van der Waals surface area contributed by atoms with Crippen molar-refractivity contribution in [1.29, 1.82) is 0 Å². The van der Waals surface area contributed by atoms with E-state index >= 15 is 0 Å². The van der Waals surface area contributed by atoms with Gasteiger partial charge in [0.25, 0.3) is 0 Å². The van der Waals surface area contributed by atoms with Gasteiger partial charge in [0.05, 0.1) is 3.79 Å². The minimum Gasteiger partial charge on any atom is -0.133 e. The van der Waals surface area contributed by atoms with E-state index in [1.807, 2.05) is 11.3 Å². The molecule has 1 unspecified atom stereocenters. The van der Waals surface area contributed by atoms with Crippen molar-refractivity contribution in [3.05, 3.63) is 20.3 Å². The summed E-state index contributed by atoms with van der Waals surface area (Å²) in [5.74, 6) is 0. The molecule has 0 bridgehead atoms. The molecule has 14 heavy (non-hydrogen) atoms. The molecule has 0 N–H and O–H groups in total. The van der Waals surface area contributed by atoms with Crippen LogP contribution in [0.3, 0.4) is 0 Å². The second kappa shape index (κ2) is 4.67. The highest BCUT2D eigenvalue weighted by molar-refractivity contribution is 9.11. The molecule has 0 radical (unpaired) electrons. The molecule has 0 aliphatic carbocycles. The van der Waals surface area contributed by atoms with Crippen molar-refractivity contribution in [3.63, 3.8) is 0 Å². The van der Waals surface area contributed by atoms with E-state index in [4.69, 9.17) is 0 Å². The molecule has 3 heteroatoms. The van der Waals surface area contributed by atoms with Gasteiger partial charge >= 0.3 is 0 Å². The third-order valence-corrected chi connectivity index (χ3v) is 6.10. The van der Waals surface area contributed by atoms with Crippen LogP contribution in [0.4, 0.5) is 0 Å². The molecule has 0 spiro atoms. The highest BCUT2D eigenvalue weighted by atomic mass is 79.9. The summed E-state index contributed by atoms with van der Waals surface area (Å²) in [6.07, 6.45) is 1.18. The van der Waals surface area contributed by atoms with Gasteiger partial charge < -0.3 is 0 Å². The zero-order valence-electron chi connectivity index (χ0n) is 9.03. The summed E-state index contributed by atoms with van der Waals surface area (Å²) in [5, 5.41) is 0. The summed E-state index contributed by atoms with van der Waals surface area (Å²) in [5.41, 5.74) is 1.74. The Morgan fingerprint density at radius 1 is 1.50 bits per heavy atom. The van der Waals surface area contributed by atoms with Gasteiger partial charge in [0.1, 0.15) is 0 Å². The standard InChI is InChI=1S/C11H16Br2S/c1-5-11(3,4)10(13)8-6-9(12)14-7(8)2/h6,10H,5H2,1-4H3. The Kier molecular flexibility index (Phi) is 4.24. The van der Waals surface area contributed by atoms with Gasteiger partial charge in [-0.05, 0) is 46.3 Å². The Labute approximate surface area is 107 Å². The Balaban J connectivity index is 3.00. The minimum atomic E-state index is 0.311. The molecule has 0 saturated carbocycles. The number of halogens is 2. The normalized spacial score (nSPS) is 14.4. The van der Waals surface area contributed by atoms with Crippen LogP contribution in [-0.4, -0.2) is 0 Å². The van der Waals surface area contributed by atoms with Crippen LogP contribution < -0.4 is 0 Å². The van der Waals surface area contributed by atoms with Crippen LogP contribution in [0.1, 0.15) is 42.5 Å².